The summed E-state index contributed by atoms with van der Waals surface area (Å²) in [4.78, 5) is 0. The Balaban J connectivity index is 2.08. The van der Waals surface area contributed by atoms with E-state index in [1.165, 1.54) is 24.3 Å². The summed E-state index contributed by atoms with van der Waals surface area (Å²) in [5.74, 6) is 2.18. The lowest BCUT2D eigenvalue weighted by atomic mass is 10.00. The highest BCUT2D eigenvalue weighted by Crippen LogP contribution is 2.42. The van der Waals surface area contributed by atoms with E-state index in [2.05, 4.69) is 5.92 Å². The van der Waals surface area contributed by atoms with Gasteiger partial charge in [-0.1, -0.05) is 24.1 Å². The minimum atomic E-state index is -4.37. The van der Waals surface area contributed by atoms with Crippen LogP contribution in [0.3, 0.4) is 0 Å². The lowest BCUT2D eigenvalue weighted by molar-refractivity contribution is -0.137. The summed E-state index contributed by atoms with van der Waals surface area (Å²) in [6, 6.07) is 9.23. The van der Waals surface area contributed by atoms with Crippen molar-refractivity contribution < 1.29 is 17.6 Å². The Hall–Kier alpha value is -2.80. The van der Waals surface area contributed by atoms with E-state index >= 15 is 0 Å². The van der Waals surface area contributed by atoms with Crippen molar-refractivity contribution in [3.05, 3.63) is 76.1 Å². The Bertz CT molecular complexity index is 904. The number of rotatable bonds is 1. The van der Waals surface area contributed by atoms with Crippen LogP contribution in [0.2, 0.25) is 0 Å². The van der Waals surface area contributed by atoms with Crippen LogP contribution in [0.15, 0.2) is 48.0 Å². The van der Waals surface area contributed by atoms with Gasteiger partial charge in [0, 0.05) is 11.1 Å². The molecule has 1 aliphatic carbocycles. The van der Waals surface area contributed by atoms with Gasteiger partial charge >= 0.3 is 6.18 Å². The monoisotopic (exact) mass is 328 g/mol. The van der Waals surface area contributed by atoms with Crippen LogP contribution in [0.1, 0.15) is 29.2 Å². The van der Waals surface area contributed by atoms with Crippen molar-refractivity contribution in [3.8, 4) is 12.3 Å². The van der Waals surface area contributed by atoms with Crippen molar-refractivity contribution in [2.24, 2.45) is 0 Å². The normalized spacial score (nSPS) is 15.6. The van der Waals surface area contributed by atoms with E-state index in [1.807, 2.05) is 6.92 Å². The third kappa shape index (κ3) is 2.74. The van der Waals surface area contributed by atoms with Gasteiger partial charge in [0.15, 0.2) is 0 Å². The van der Waals surface area contributed by atoms with Crippen molar-refractivity contribution in [2.75, 3.05) is 0 Å². The highest BCUT2D eigenvalue weighted by atomic mass is 19.4. The highest BCUT2D eigenvalue weighted by molar-refractivity contribution is 6.08. The third-order valence-electron chi connectivity index (χ3n) is 4.01. The zero-order valence-electron chi connectivity index (χ0n) is 12.7. The second-order valence-electron chi connectivity index (χ2n) is 5.51. The number of hydrogen-bond donors (Lipinski definition) is 0. The van der Waals surface area contributed by atoms with Crippen LogP contribution >= 0.6 is 0 Å². The minimum absolute atomic E-state index is 0.384. The van der Waals surface area contributed by atoms with Crippen LogP contribution in [0, 0.1) is 18.2 Å². The van der Waals surface area contributed by atoms with Crippen molar-refractivity contribution >= 4 is 17.2 Å². The van der Waals surface area contributed by atoms with Crippen LogP contribution in [0.25, 0.3) is 17.2 Å². The van der Waals surface area contributed by atoms with Crippen LogP contribution in [-0.2, 0) is 6.18 Å². The molecular weight excluding hydrogens is 316 g/mol. The molecule has 2 aromatic carbocycles. The molecule has 0 spiro atoms. The van der Waals surface area contributed by atoms with Gasteiger partial charge in [-0.05, 0) is 59.5 Å². The minimum Gasteiger partial charge on any atom is -0.207 e. The summed E-state index contributed by atoms with van der Waals surface area (Å²) in [5, 5.41) is 0. The molecule has 0 bridgehead atoms. The van der Waals surface area contributed by atoms with E-state index in [-0.39, 0.29) is 5.82 Å². The summed E-state index contributed by atoms with van der Waals surface area (Å²) in [5.41, 5.74) is 3.52. The fraction of sp³-hybridized carbons (Fsp3) is 0.100. The average Bonchev–Trinajstić information content (AvgIpc) is 2.78. The van der Waals surface area contributed by atoms with E-state index in [0.717, 1.165) is 28.8 Å². The first kappa shape index (κ1) is 16.1. The first-order valence-electron chi connectivity index (χ1n) is 7.18. The Labute approximate surface area is 137 Å². The van der Waals surface area contributed by atoms with Gasteiger partial charge in [-0.25, -0.2) is 4.39 Å². The second-order valence-corrected chi connectivity index (χ2v) is 5.51. The zero-order chi connectivity index (χ0) is 17.5. The number of fused-ring (bicyclic) bond motifs is 1. The fourth-order valence-electron chi connectivity index (χ4n) is 2.80. The molecule has 3 rings (SSSR count). The van der Waals surface area contributed by atoms with Crippen LogP contribution < -0.4 is 0 Å². The number of alkyl halides is 3. The molecule has 0 amide bonds. The standard InChI is InChI=1S/C20H12F4/c1-3-16-12(2)18(17-9-8-15(21)11-19(16)17)10-13-4-6-14(7-5-13)20(22,23)24/h1,4-11H,2H3. The zero-order valence-corrected chi connectivity index (χ0v) is 12.7. The molecule has 0 nitrogen and oxygen atoms in total. The maximum absolute atomic E-state index is 13.5. The van der Waals surface area contributed by atoms with Gasteiger partial charge in [0.2, 0.25) is 0 Å². The summed E-state index contributed by atoms with van der Waals surface area (Å²) < 4.78 is 51.4. The molecule has 0 radical (unpaired) electrons. The quantitative estimate of drug-likeness (QED) is 0.458. The SMILES string of the molecule is C#CC1=C(C)C(=Cc2ccc(C(F)(F)F)cc2)c2ccc(F)cc21. The van der Waals surface area contributed by atoms with E-state index in [9.17, 15) is 17.6 Å². The van der Waals surface area contributed by atoms with Gasteiger partial charge in [-0.3, -0.25) is 0 Å². The predicted octanol–water partition coefficient (Wildman–Crippen LogP) is 5.81. The van der Waals surface area contributed by atoms with Crippen LogP contribution in [0.5, 0.6) is 0 Å². The van der Waals surface area contributed by atoms with Gasteiger partial charge < -0.3 is 0 Å². The first-order chi connectivity index (χ1) is 11.3. The lowest BCUT2D eigenvalue weighted by Gasteiger charge is -2.07. The van der Waals surface area contributed by atoms with Crippen molar-refractivity contribution in [2.45, 2.75) is 13.1 Å². The molecule has 0 saturated heterocycles. The molecule has 120 valence electrons. The molecule has 0 aliphatic heterocycles. The molecule has 0 N–H and O–H groups in total. The molecule has 0 aromatic heterocycles. The van der Waals surface area contributed by atoms with Crippen molar-refractivity contribution in [3.63, 3.8) is 0 Å². The van der Waals surface area contributed by atoms with Crippen LogP contribution in [-0.4, -0.2) is 0 Å². The summed E-state index contributed by atoms with van der Waals surface area (Å²) >= 11 is 0. The number of allylic oxidation sites excluding steroid dienone is 3. The second kappa shape index (κ2) is 5.68. The Morgan fingerprint density at radius 3 is 2.25 bits per heavy atom. The maximum Gasteiger partial charge on any atom is 0.416 e. The molecule has 24 heavy (non-hydrogen) atoms. The van der Waals surface area contributed by atoms with Gasteiger partial charge in [-0.15, -0.1) is 6.42 Å². The number of hydrogen-bond acceptors (Lipinski definition) is 0. The predicted molar refractivity (Wildman–Crippen MR) is 87.1 cm³/mol. The number of halogens is 4. The smallest absolute Gasteiger partial charge is 0.207 e. The summed E-state index contributed by atoms with van der Waals surface area (Å²) in [6.45, 7) is 1.82. The van der Waals surface area contributed by atoms with Gasteiger partial charge in [0.05, 0.1) is 5.56 Å². The molecular formula is C20H12F4. The van der Waals surface area contributed by atoms with E-state index in [4.69, 9.17) is 6.42 Å². The Morgan fingerprint density at radius 2 is 1.67 bits per heavy atom. The molecule has 4 heteroatoms. The fourth-order valence-corrected chi connectivity index (χ4v) is 2.80. The number of benzene rings is 2. The summed E-state index contributed by atoms with van der Waals surface area (Å²) in [7, 11) is 0. The molecule has 1 aliphatic rings. The molecule has 0 heterocycles. The first-order valence-corrected chi connectivity index (χ1v) is 7.18. The number of terminal acetylenes is 1. The van der Waals surface area contributed by atoms with Crippen LogP contribution in [0.4, 0.5) is 17.6 Å². The molecule has 0 saturated carbocycles. The van der Waals surface area contributed by atoms with Gasteiger partial charge in [0.25, 0.3) is 0 Å². The molecule has 0 fully saturated rings. The molecule has 2 aromatic rings. The highest BCUT2D eigenvalue weighted by Gasteiger charge is 2.30. The van der Waals surface area contributed by atoms with E-state index in [0.29, 0.717) is 16.7 Å². The molecule has 0 atom stereocenters. The summed E-state index contributed by atoms with van der Waals surface area (Å²) in [6.07, 6.45) is 2.92. The average molecular weight is 328 g/mol. The van der Waals surface area contributed by atoms with Crippen molar-refractivity contribution in [1.29, 1.82) is 0 Å². The Morgan fingerprint density at radius 1 is 1.00 bits per heavy atom. The lowest BCUT2D eigenvalue weighted by Crippen LogP contribution is -2.04. The van der Waals surface area contributed by atoms with E-state index < -0.39 is 11.7 Å². The van der Waals surface area contributed by atoms with E-state index in [1.54, 1.807) is 12.1 Å². The third-order valence-corrected chi connectivity index (χ3v) is 4.01. The largest absolute Gasteiger partial charge is 0.416 e. The van der Waals surface area contributed by atoms with Crippen molar-refractivity contribution in [1.82, 2.24) is 0 Å². The van der Waals surface area contributed by atoms with Gasteiger partial charge in [0.1, 0.15) is 5.82 Å². The Kier molecular flexibility index (Phi) is 3.81. The topological polar surface area (TPSA) is 0 Å². The van der Waals surface area contributed by atoms with Gasteiger partial charge in [-0.2, -0.15) is 13.2 Å². The molecule has 0 unspecified atom stereocenters. The maximum atomic E-state index is 13.5.